The number of imidazole rings is 1. The van der Waals surface area contributed by atoms with Crippen molar-refractivity contribution in [2.75, 3.05) is 11.1 Å². The van der Waals surface area contributed by atoms with Gasteiger partial charge in [0.2, 0.25) is 5.91 Å². The Morgan fingerprint density at radius 1 is 1.14 bits per heavy atom. The van der Waals surface area contributed by atoms with Gasteiger partial charge in [-0.15, -0.1) is 0 Å². The average Bonchev–Trinajstić information content (AvgIpc) is 3.44. The van der Waals surface area contributed by atoms with Gasteiger partial charge in [-0.2, -0.15) is 0 Å². The molecule has 3 aromatic heterocycles. The topological polar surface area (TPSA) is 131 Å². The Kier molecular flexibility index (Phi) is 4.90. The molecule has 0 fully saturated rings. The van der Waals surface area contributed by atoms with Crippen LogP contribution in [0.15, 0.2) is 61.1 Å². The summed E-state index contributed by atoms with van der Waals surface area (Å²) in [5, 5.41) is 12.3. The molecule has 1 amide bonds. The molecule has 184 valence electrons. The number of benzene rings is 2. The molecule has 1 aliphatic rings. The molecule has 11 heteroatoms. The molecule has 0 unspecified atom stereocenters. The molecule has 1 atom stereocenters. The Balaban J connectivity index is 1.46. The number of halogens is 2. The van der Waals surface area contributed by atoms with E-state index in [0.29, 0.717) is 34.6 Å². The lowest BCUT2D eigenvalue weighted by Crippen LogP contribution is -2.33. The molecule has 4 N–H and O–H groups in total. The van der Waals surface area contributed by atoms with Crippen molar-refractivity contribution in [1.29, 1.82) is 0 Å². The van der Waals surface area contributed by atoms with Crippen molar-refractivity contribution < 1.29 is 18.7 Å². The fraction of sp³-hybridized carbons (Fsp3) is 0.115. The highest BCUT2D eigenvalue weighted by Gasteiger charge is 2.48. The van der Waals surface area contributed by atoms with E-state index in [2.05, 4.69) is 20.3 Å². The summed E-state index contributed by atoms with van der Waals surface area (Å²) in [6.07, 6.45) is 5.36. The fourth-order valence-electron chi connectivity index (χ4n) is 4.68. The predicted molar refractivity (Wildman–Crippen MR) is 131 cm³/mol. The van der Waals surface area contributed by atoms with E-state index >= 15 is 0 Å². The summed E-state index contributed by atoms with van der Waals surface area (Å²) in [5.74, 6) is -1.84. The molecule has 37 heavy (non-hydrogen) atoms. The minimum atomic E-state index is -1.38. The SMILES string of the molecule is C[C@]1(c2ccc(O)c(F)c2)C(=O)Nc2nc(-c3cn4ccnc4c(Cc4cccc(F)c4)n3)nc(N)c21. The maximum Gasteiger partial charge on any atom is 0.240 e. The maximum absolute atomic E-state index is 14.1. The zero-order chi connectivity index (χ0) is 25.9. The van der Waals surface area contributed by atoms with Gasteiger partial charge < -0.3 is 20.6 Å². The van der Waals surface area contributed by atoms with Gasteiger partial charge in [-0.3, -0.25) is 4.79 Å². The van der Waals surface area contributed by atoms with Crippen LogP contribution in [0.1, 0.15) is 29.3 Å². The van der Waals surface area contributed by atoms with E-state index in [1.54, 1.807) is 42.0 Å². The second kappa shape index (κ2) is 8.05. The lowest BCUT2D eigenvalue weighted by molar-refractivity contribution is -0.119. The number of nitrogens with zero attached hydrogens (tertiary/aromatic N) is 5. The standard InChI is InChI=1S/C26H19F2N7O2/c1-26(14-5-6-19(36)16(28)11-14)20-21(29)32-22(33-23(20)34-25(26)37)18-12-35-8-7-30-24(35)17(31-18)10-13-3-2-4-15(27)9-13/h2-9,11-12,36H,10H2,1H3,(H3,29,32,33,34,37)/t26-/m1/s1. The number of rotatable bonds is 4. The molecular weight excluding hydrogens is 480 g/mol. The summed E-state index contributed by atoms with van der Waals surface area (Å²) in [7, 11) is 0. The Morgan fingerprint density at radius 3 is 2.76 bits per heavy atom. The van der Waals surface area contributed by atoms with E-state index in [1.807, 2.05) is 0 Å². The number of hydrogen-bond donors (Lipinski definition) is 3. The number of fused-ring (bicyclic) bond motifs is 2. The number of phenols is 1. The lowest BCUT2D eigenvalue weighted by Gasteiger charge is -2.23. The first-order chi connectivity index (χ1) is 17.7. The largest absolute Gasteiger partial charge is 0.505 e. The smallest absolute Gasteiger partial charge is 0.240 e. The van der Waals surface area contributed by atoms with Crippen LogP contribution < -0.4 is 11.1 Å². The predicted octanol–water partition coefficient (Wildman–Crippen LogP) is 3.60. The van der Waals surface area contributed by atoms with Gasteiger partial charge in [-0.25, -0.2) is 28.7 Å². The summed E-state index contributed by atoms with van der Waals surface area (Å²) in [5.41, 5.74) is 7.81. The minimum absolute atomic E-state index is 0.0218. The Bertz CT molecular complexity index is 1740. The first-order valence-corrected chi connectivity index (χ1v) is 11.3. The molecule has 0 bridgehead atoms. The number of nitrogens with one attached hydrogen (secondary N) is 1. The van der Waals surface area contributed by atoms with Crippen molar-refractivity contribution in [1.82, 2.24) is 24.3 Å². The molecular formula is C26H19F2N7O2. The van der Waals surface area contributed by atoms with E-state index in [-0.39, 0.29) is 28.8 Å². The van der Waals surface area contributed by atoms with Crippen molar-refractivity contribution in [3.63, 3.8) is 0 Å². The van der Waals surface area contributed by atoms with Crippen molar-refractivity contribution in [2.45, 2.75) is 18.8 Å². The molecule has 0 saturated carbocycles. The number of hydrogen-bond acceptors (Lipinski definition) is 7. The molecule has 0 spiro atoms. The normalized spacial score (nSPS) is 16.7. The highest BCUT2D eigenvalue weighted by Crippen LogP contribution is 2.45. The zero-order valence-electron chi connectivity index (χ0n) is 19.4. The van der Waals surface area contributed by atoms with E-state index in [9.17, 15) is 18.7 Å². The van der Waals surface area contributed by atoms with Gasteiger partial charge >= 0.3 is 0 Å². The highest BCUT2D eigenvalue weighted by molar-refractivity contribution is 6.09. The Morgan fingerprint density at radius 2 is 1.97 bits per heavy atom. The van der Waals surface area contributed by atoms with Crippen molar-refractivity contribution in [3.8, 4) is 17.3 Å². The van der Waals surface area contributed by atoms with Gasteiger partial charge in [-0.1, -0.05) is 18.2 Å². The van der Waals surface area contributed by atoms with Crippen LogP contribution in [0.3, 0.4) is 0 Å². The molecule has 1 aliphatic heterocycles. The van der Waals surface area contributed by atoms with Crippen molar-refractivity contribution in [2.24, 2.45) is 0 Å². The van der Waals surface area contributed by atoms with Gasteiger partial charge in [0.25, 0.3) is 0 Å². The summed E-state index contributed by atoms with van der Waals surface area (Å²) in [4.78, 5) is 31.1. The third kappa shape index (κ3) is 3.54. The van der Waals surface area contributed by atoms with E-state index < -0.39 is 22.9 Å². The third-order valence-electron chi connectivity index (χ3n) is 6.58. The summed E-state index contributed by atoms with van der Waals surface area (Å²) in [6, 6.07) is 9.94. The second-order valence-electron chi connectivity index (χ2n) is 8.94. The van der Waals surface area contributed by atoms with E-state index in [4.69, 9.17) is 10.7 Å². The summed E-state index contributed by atoms with van der Waals surface area (Å²) in [6.45, 7) is 1.59. The second-order valence-corrected chi connectivity index (χ2v) is 8.94. The van der Waals surface area contributed by atoms with E-state index in [1.165, 1.54) is 24.3 Å². The first kappa shape index (κ1) is 22.5. The zero-order valence-corrected chi connectivity index (χ0v) is 19.4. The molecule has 0 aliphatic carbocycles. The van der Waals surface area contributed by atoms with Crippen LogP contribution in [0.5, 0.6) is 5.75 Å². The lowest BCUT2D eigenvalue weighted by atomic mass is 9.77. The summed E-state index contributed by atoms with van der Waals surface area (Å²) >= 11 is 0. The number of carbonyl (C=O) groups excluding carboxylic acids is 1. The summed E-state index contributed by atoms with van der Waals surface area (Å²) < 4.78 is 29.6. The van der Waals surface area contributed by atoms with Crippen molar-refractivity contribution in [3.05, 3.63) is 95.1 Å². The van der Waals surface area contributed by atoms with Crippen molar-refractivity contribution >= 4 is 23.2 Å². The van der Waals surface area contributed by atoms with Gasteiger partial charge in [-0.05, 0) is 42.3 Å². The van der Waals surface area contributed by atoms with Crippen LogP contribution >= 0.6 is 0 Å². The number of nitrogens with two attached hydrogens (primary N) is 1. The number of aromatic hydroxyl groups is 1. The molecule has 6 rings (SSSR count). The fourth-order valence-corrected chi connectivity index (χ4v) is 4.68. The van der Waals surface area contributed by atoms with Crippen LogP contribution in [0.2, 0.25) is 0 Å². The van der Waals surface area contributed by atoms with Crippen LogP contribution in [-0.4, -0.2) is 35.4 Å². The molecule has 9 nitrogen and oxygen atoms in total. The molecule has 0 saturated heterocycles. The number of aromatic nitrogens is 5. The molecule has 2 aromatic carbocycles. The monoisotopic (exact) mass is 499 g/mol. The van der Waals surface area contributed by atoms with Gasteiger partial charge in [0.1, 0.15) is 28.6 Å². The van der Waals surface area contributed by atoms with Gasteiger partial charge in [0.15, 0.2) is 23.0 Å². The van der Waals surface area contributed by atoms with Crippen LogP contribution in [0.4, 0.5) is 20.4 Å². The first-order valence-electron chi connectivity index (χ1n) is 11.3. The Labute approximate surface area is 208 Å². The quantitative estimate of drug-likeness (QED) is 0.344. The average molecular weight is 499 g/mol. The number of carbonyl (C=O) groups is 1. The number of anilines is 2. The van der Waals surface area contributed by atoms with Crippen LogP contribution in [0, 0.1) is 11.6 Å². The number of amides is 1. The minimum Gasteiger partial charge on any atom is -0.505 e. The third-order valence-corrected chi connectivity index (χ3v) is 6.58. The highest BCUT2D eigenvalue weighted by atomic mass is 19.1. The van der Waals surface area contributed by atoms with Crippen LogP contribution in [0.25, 0.3) is 17.2 Å². The Hall–Kier alpha value is -4.93. The van der Waals surface area contributed by atoms with E-state index in [0.717, 1.165) is 6.07 Å². The van der Waals surface area contributed by atoms with Gasteiger partial charge in [0, 0.05) is 25.0 Å². The number of phenolic OH excluding ortho intramolecular Hbond substituents is 1. The maximum atomic E-state index is 14.1. The molecule has 0 radical (unpaired) electrons. The van der Waals surface area contributed by atoms with Gasteiger partial charge in [0.05, 0.1) is 11.3 Å². The number of nitrogen functional groups attached to an aromatic ring is 1. The molecule has 5 aromatic rings. The molecule has 4 heterocycles. The van der Waals surface area contributed by atoms with Crippen LogP contribution in [-0.2, 0) is 16.6 Å².